The number of aromatic nitrogens is 2. The molecule has 0 saturated carbocycles. The molecule has 29 heavy (non-hydrogen) atoms. The average molecular weight is 448 g/mol. The van der Waals surface area contributed by atoms with E-state index in [1.54, 1.807) is 0 Å². The minimum Gasteiger partial charge on any atom is -0.312 e. The molecule has 1 heterocycles. The monoisotopic (exact) mass is 447 g/mol. The molecule has 4 nitrogen and oxygen atoms in total. The Morgan fingerprint density at radius 3 is 2.28 bits per heavy atom. The number of alkyl halides is 3. The van der Waals surface area contributed by atoms with Gasteiger partial charge >= 0.3 is 6.18 Å². The third-order valence-electron chi connectivity index (χ3n) is 3.79. The molecule has 0 atom stereocenters. The van der Waals surface area contributed by atoms with Crippen molar-refractivity contribution in [2.75, 3.05) is 5.32 Å². The number of halogens is 6. The molecule has 0 aliphatic carbocycles. The highest BCUT2D eigenvalue weighted by Gasteiger charge is 2.34. The van der Waals surface area contributed by atoms with Crippen LogP contribution >= 0.6 is 23.2 Å². The smallest absolute Gasteiger partial charge is 0.312 e. The fourth-order valence-electron chi connectivity index (χ4n) is 2.32. The number of nitrogens with zero attached hydrogens (tertiary/aromatic N) is 2. The molecular formula is C19H15Cl2F4N3O. The van der Waals surface area contributed by atoms with E-state index in [-0.39, 0.29) is 12.4 Å². The van der Waals surface area contributed by atoms with Gasteiger partial charge in [0.05, 0.1) is 12.1 Å². The van der Waals surface area contributed by atoms with Crippen molar-refractivity contribution < 1.29 is 22.4 Å². The first-order valence-corrected chi connectivity index (χ1v) is 8.88. The standard InChI is InChI=1S/C12H9F4N3O.C7H6Cl2/c13-10-3-1-2-9(12(14,15)16)8(10)6-19-5-4-11(18-19)17-7-20;1-5-6(8)3-2-4-7(5)9/h1-5,7H,6H2,(H,17,18,20);2-4H,1H3. The highest BCUT2D eigenvalue weighted by Crippen LogP contribution is 2.33. The van der Waals surface area contributed by atoms with Gasteiger partial charge in [0.25, 0.3) is 0 Å². The quantitative estimate of drug-likeness (QED) is 0.396. The van der Waals surface area contributed by atoms with Crippen LogP contribution in [0, 0.1) is 12.7 Å². The van der Waals surface area contributed by atoms with Gasteiger partial charge in [-0.1, -0.05) is 35.3 Å². The molecule has 0 fully saturated rings. The molecule has 0 aliphatic heterocycles. The molecule has 0 spiro atoms. The molecule has 2 aromatic carbocycles. The van der Waals surface area contributed by atoms with Gasteiger partial charge in [-0.05, 0) is 36.8 Å². The molecule has 0 unspecified atom stereocenters. The summed E-state index contributed by atoms with van der Waals surface area (Å²) < 4.78 is 53.1. The Morgan fingerprint density at radius 1 is 1.10 bits per heavy atom. The lowest BCUT2D eigenvalue weighted by Gasteiger charge is -2.13. The molecule has 0 saturated heterocycles. The fraction of sp³-hybridized carbons (Fsp3) is 0.158. The first kappa shape index (κ1) is 22.7. The number of hydrogen-bond donors (Lipinski definition) is 1. The van der Waals surface area contributed by atoms with E-state index < -0.39 is 23.1 Å². The van der Waals surface area contributed by atoms with Crippen molar-refractivity contribution in [1.29, 1.82) is 0 Å². The van der Waals surface area contributed by atoms with Crippen LogP contribution in [0.1, 0.15) is 16.7 Å². The molecule has 3 aromatic rings. The number of nitrogens with one attached hydrogen (secondary N) is 1. The van der Waals surface area contributed by atoms with Crippen LogP contribution in [-0.4, -0.2) is 16.2 Å². The molecular weight excluding hydrogens is 433 g/mol. The molecule has 0 radical (unpaired) electrons. The molecule has 0 aliphatic rings. The maximum Gasteiger partial charge on any atom is 0.416 e. The number of amides is 1. The van der Waals surface area contributed by atoms with Gasteiger partial charge in [-0.3, -0.25) is 9.48 Å². The summed E-state index contributed by atoms with van der Waals surface area (Å²) in [4.78, 5) is 10.2. The van der Waals surface area contributed by atoms with Gasteiger partial charge in [0, 0.05) is 27.9 Å². The Balaban J connectivity index is 0.000000278. The van der Waals surface area contributed by atoms with Crippen LogP contribution in [0.5, 0.6) is 0 Å². The van der Waals surface area contributed by atoms with Crippen molar-refractivity contribution in [3.8, 4) is 0 Å². The predicted molar refractivity (Wildman–Crippen MR) is 104 cm³/mol. The third-order valence-corrected chi connectivity index (χ3v) is 4.61. The zero-order valence-corrected chi connectivity index (χ0v) is 16.5. The van der Waals surface area contributed by atoms with Gasteiger partial charge in [-0.25, -0.2) is 4.39 Å². The van der Waals surface area contributed by atoms with E-state index in [0.29, 0.717) is 6.41 Å². The van der Waals surface area contributed by atoms with Crippen LogP contribution < -0.4 is 5.32 Å². The number of rotatable bonds is 4. The molecule has 10 heteroatoms. The largest absolute Gasteiger partial charge is 0.416 e. The van der Waals surface area contributed by atoms with Crippen molar-refractivity contribution in [3.63, 3.8) is 0 Å². The second-order valence-corrected chi connectivity index (χ2v) is 6.59. The summed E-state index contributed by atoms with van der Waals surface area (Å²) in [6, 6.07) is 9.64. The lowest BCUT2D eigenvalue weighted by atomic mass is 10.1. The zero-order chi connectivity index (χ0) is 21.6. The van der Waals surface area contributed by atoms with Gasteiger partial charge in [-0.15, -0.1) is 0 Å². The maximum absolute atomic E-state index is 13.6. The molecule has 1 N–H and O–H groups in total. The minimum absolute atomic E-state index is 0.171. The Bertz CT molecular complexity index is 970. The number of benzene rings is 2. The van der Waals surface area contributed by atoms with Gasteiger partial charge in [0.2, 0.25) is 6.41 Å². The molecule has 1 amide bonds. The Morgan fingerprint density at radius 2 is 1.72 bits per heavy atom. The van der Waals surface area contributed by atoms with E-state index in [0.717, 1.165) is 38.5 Å². The van der Waals surface area contributed by atoms with Gasteiger partial charge in [0.1, 0.15) is 5.82 Å². The first-order chi connectivity index (χ1) is 13.6. The van der Waals surface area contributed by atoms with Crippen LogP contribution in [0.25, 0.3) is 0 Å². The highest BCUT2D eigenvalue weighted by molar-refractivity contribution is 6.35. The second-order valence-electron chi connectivity index (χ2n) is 5.77. The number of carbonyl (C=O) groups is 1. The van der Waals surface area contributed by atoms with Crippen molar-refractivity contribution in [1.82, 2.24) is 9.78 Å². The van der Waals surface area contributed by atoms with E-state index in [9.17, 15) is 22.4 Å². The van der Waals surface area contributed by atoms with Crippen molar-refractivity contribution in [3.05, 3.63) is 81.2 Å². The highest BCUT2D eigenvalue weighted by atomic mass is 35.5. The SMILES string of the molecule is Cc1c(Cl)cccc1Cl.O=CNc1ccn(Cc2c(F)cccc2C(F)(F)F)n1. The summed E-state index contributed by atoms with van der Waals surface area (Å²) in [5, 5.41) is 7.49. The normalized spacial score (nSPS) is 10.9. The van der Waals surface area contributed by atoms with Crippen LogP contribution in [0.15, 0.2) is 48.7 Å². The van der Waals surface area contributed by atoms with E-state index in [1.807, 2.05) is 25.1 Å². The summed E-state index contributed by atoms with van der Waals surface area (Å²) in [6.07, 6.45) is -2.91. The van der Waals surface area contributed by atoms with Crippen LogP contribution in [-0.2, 0) is 17.5 Å². The number of hydrogen-bond acceptors (Lipinski definition) is 2. The summed E-state index contributed by atoms with van der Waals surface area (Å²) >= 11 is 11.5. The number of carbonyl (C=O) groups excluding carboxylic acids is 1. The Labute approximate surface area is 174 Å². The Kier molecular flexibility index (Phi) is 7.64. The van der Waals surface area contributed by atoms with Crippen LogP contribution in [0.3, 0.4) is 0 Å². The summed E-state index contributed by atoms with van der Waals surface area (Å²) in [5.74, 6) is -0.787. The van der Waals surface area contributed by atoms with Crippen molar-refractivity contribution in [2.45, 2.75) is 19.6 Å². The molecule has 1 aromatic heterocycles. The van der Waals surface area contributed by atoms with Crippen molar-refractivity contribution >= 4 is 35.4 Å². The molecule has 0 bridgehead atoms. The van der Waals surface area contributed by atoms with E-state index in [4.69, 9.17) is 23.2 Å². The average Bonchev–Trinajstić information content (AvgIpc) is 3.08. The number of anilines is 1. The topological polar surface area (TPSA) is 46.9 Å². The first-order valence-electron chi connectivity index (χ1n) is 8.12. The Hall–Kier alpha value is -2.58. The van der Waals surface area contributed by atoms with Gasteiger partial charge in [0.15, 0.2) is 5.82 Å². The van der Waals surface area contributed by atoms with Crippen LogP contribution in [0.2, 0.25) is 10.0 Å². The van der Waals surface area contributed by atoms with Crippen molar-refractivity contribution in [2.24, 2.45) is 0 Å². The zero-order valence-electron chi connectivity index (χ0n) is 15.0. The maximum atomic E-state index is 13.6. The fourth-order valence-corrected chi connectivity index (χ4v) is 2.71. The molecule has 3 rings (SSSR count). The predicted octanol–water partition coefficient (Wildman–Crippen LogP) is 5.96. The lowest BCUT2D eigenvalue weighted by Crippen LogP contribution is -2.14. The minimum atomic E-state index is -4.64. The molecule has 154 valence electrons. The summed E-state index contributed by atoms with van der Waals surface area (Å²) in [6.45, 7) is 1.51. The van der Waals surface area contributed by atoms with Gasteiger partial charge < -0.3 is 5.32 Å². The summed E-state index contributed by atoms with van der Waals surface area (Å²) in [7, 11) is 0. The second kappa shape index (κ2) is 9.76. The lowest BCUT2D eigenvalue weighted by molar-refractivity contribution is -0.138. The summed E-state index contributed by atoms with van der Waals surface area (Å²) in [5.41, 5.74) is -0.598. The van der Waals surface area contributed by atoms with E-state index in [2.05, 4.69) is 10.4 Å². The van der Waals surface area contributed by atoms with E-state index in [1.165, 1.54) is 12.3 Å². The van der Waals surface area contributed by atoms with Gasteiger partial charge in [-0.2, -0.15) is 18.3 Å². The third kappa shape index (κ3) is 6.20. The van der Waals surface area contributed by atoms with E-state index >= 15 is 0 Å². The van der Waals surface area contributed by atoms with Crippen LogP contribution in [0.4, 0.5) is 23.4 Å².